The number of nitrogens with one attached hydrogen (secondary N) is 1. The molecule has 16 nitrogen and oxygen atoms in total. The highest BCUT2D eigenvalue weighted by Crippen LogP contribution is 2.06. The Morgan fingerprint density at radius 1 is 0.380 bits per heavy atom. The molecule has 0 saturated heterocycles. The minimum Gasteiger partial charge on any atom is -0.444 e. The predicted octanol–water partition coefficient (Wildman–Crippen LogP) is 2.16. The van der Waals surface area contributed by atoms with E-state index >= 15 is 0 Å². The summed E-state index contributed by atoms with van der Waals surface area (Å²) in [6.07, 6.45) is -0.453. The van der Waals surface area contributed by atoms with E-state index < -0.39 is 11.7 Å². The second-order valence-electron chi connectivity index (χ2n) is 11.1. The van der Waals surface area contributed by atoms with Crippen molar-refractivity contribution in [3.8, 4) is 0 Å². The van der Waals surface area contributed by atoms with Gasteiger partial charge in [-0.1, -0.05) is 22.6 Å². The van der Waals surface area contributed by atoms with E-state index in [9.17, 15) is 4.79 Å². The maximum Gasteiger partial charge on any atom is 0.407 e. The predicted molar refractivity (Wildman–Crippen MR) is 194 cm³/mol. The Morgan fingerprint density at radius 2 is 0.580 bits per heavy atom. The minimum atomic E-state index is -0.513. The molecule has 300 valence electrons. The first-order valence-corrected chi connectivity index (χ1v) is 19.0. The molecule has 1 N–H and O–H groups in total. The van der Waals surface area contributed by atoms with Gasteiger partial charge >= 0.3 is 6.09 Å². The number of halogens is 1. The Bertz CT molecular complexity index is 680. The molecule has 0 unspecified atom stereocenters. The zero-order valence-electron chi connectivity index (χ0n) is 30.8. The lowest BCUT2D eigenvalue weighted by atomic mass is 10.2. The van der Waals surface area contributed by atoms with Gasteiger partial charge in [0, 0.05) is 11.0 Å². The lowest BCUT2D eigenvalue weighted by Crippen LogP contribution is -2.34. The van der Waals surface area contributed by atoms with Crippen molar-refractivity contribution in [3.05, 3.63) is 0 Å². The van der Waals surface area contributed by atoms with Gasteiger partial charge in [-0.05, 0) is 20.8 Å². The maximum absolute atomic E-state index is 11.5. The van der Waals surface area contributed by atoms with Crippen molar-refractivity contribution < 1.29 is 71.1 Å². The summed E-state index contributed by atoms with van der Waals surface area (Å²) in [5.74, 6) is 0. The molecule has 0 bridgehead atoms. The van der Waals surface area contributed by atoms with Gasteiger partial charge in [0.05, 0.1) is 172 Å². The largest absolute Gasteiger partial charge is 0.444 e. The third-order valence-corrected chi connectivity index (χ3v) is 6.04. The Balaban J connectivity index is 3.09. The molecule has 0 aliphatic heterocycles. The molecule has 0 atom stereocenters. The molecule has 0 aromatic rings. The van der Waals surface area contributed by atoms with E-state index in [0.29, 0.717) is 172 Å². The Hall–Kier alpha value is -0.520. The zero-order valence-corrected chi connectivity index (χ0v) is 33.0. The van der Waals surface area contributed by atoms with Crippen LogP contribution in [0.3, 0.4) is 0 Å². The van der Waals surface area contributed by atoms with E-state index in [1.165, 1.54) is 0 Å². The van der Waals surface area contributed by atoms with Crippen LogP contribution >= 0.6 is 22.6 Å². The van der Waals surface area contributed by atoms with Crippen molar-refractivity contribution in [2.75, 3.05) is 183 Å². The van der Waals surface area contributed by atoms with E-state index in [-0.39, 0.29) is 0 Å². The lowest BCUT2D eigenvalue weighted by Gasteiger charge is -2.19. The zero-order chi connectivity index (χ0) is 36.5. The molecule has 0 aliphatic rings. The van der Waals surface area contributed by atoms with Gasteiger partial charge in [-0.3, -0.25) is 0 Å². The summed E-state index contributed by atoms with van der Waals surface area (Å²) in [6, 6.07) is 0. The molecular weight excluding hydrogens is 777 g/mol. The third kappa shape index (κ3) is 45.5. The fourth-order valence-electron chi connectivity index (χ4n) is 3.34. The molecule has 0 aliphatic carbocycles. The van der Waals surface area contributed by atoms with Crippen molar-refractivity contribution in [2.45, 2.75) is 26.4 Å². The van der Waals surface area contributed by atoms with Gasteiger partial charge in [0.2, 0.25) is 0 Å². The summed E-state index contributed by atoms with van der Waals surface area (Å²) >= 11 is 2.28. The van der Waals surface area contributed by atoms with Crippen LogP contribution in [0.4, 0.5) is 4.79 Å². The van der Waals surface area contributed by atoms with Gasteiger partial charge in [0.15, 0.2) is 0 Å². The van der Waals surface area contributed by atoms with Crippen LogP contribution in [-0.2, 0) is 66.3 Å². The summed E-state index contributed by atoms with van der Waals surface area (Å²) in [7, 11) is 0. The Morgan fingerprint density at radius 3 is 0.780 bits per heavy atom. The molecule has 0 heterocycles. The number of rotatable bonds is 41. The standard InChI is InChI=1S/C33H66INO15/c1-33(2,3)50-32(36)35-5-7-38-9-11-40-13-15-42-17-19-44-21-23-46-25-27-48-29-31-49-30-28-47-26-24-45-22-20-43-18-16-41-14-12-39-10-8-37-6-4-34/h4-31H2,1-3H3,(H,35,36). The van der Waals surface area contributed by atoms with E-state index in [0.717, 1.165) is 11.0 Å². The molecule has 0 aromatic heterocycles. The lowest BCUT2D eigenvalue weighted by molar-refractivity contribution is -0.0289. The number of carbonyl (C=O) groups is 1. The fraction of sp³-hybridized carbons (Fsp3) is 0.970. The van der Waals surface area contributed by atoms with E-state index in [1.54, 1.807) is 0 Å². The van der Waals surface area contributed by atoms with Crippen molar-refractivity contribution in [2.24, 2.45) is 0 Å². The molecule has 0 fully saturated rings. The molecular formula is C33H66INO15. The summed E-state index contributed by atoms with van der Waals surface area (Å²) in [6.45, 7) is 19.2. The summed E-state index contributed by atoms with van der Waals surface area (Å²) in [5.41, 5.74) is -0.513. The number of alkyl halides is 1. The maximum atomic E-state index is 11.5. The Labute approximate surface area is 313 Å². The molecule has 50 heavy (non-hydrogen) atoms. The number of amides is 1. The summed E-state index contributed by atoms with van der Waals surface area (Å²) < 4.78 is 76.9. The number of alkyl carbamates (subject to hydrolysis) is 1. The topological polar surface area (TPSA) is 158 Å². The van der Waals surface area contributed by atoms with Crippen LogP contribution in [0, 0.1) is 0 Å². The highest BCUT2D eigenvalue weighted by molar-refractivity contribution is 14.1. The van der Waals surface area contributed by atoms with Gasteiger partial charge in [0.25, 0.3) is 0 Å². The summed E-state index contributed by atoms with van der Waals surface area (Å²) in [4.78, 5) is 11.5. The van der Waals surface area contributed by atoms with Crippen molar-refractivity contribution in [1.29, 1.82) is 0 Å². The number of ether oxygens (including phenoxy) is 14. The average Bonchev–Trinajstić information content (AvgIpc) is 3.08. The van der Waals surface area contributed by atoms with Gasteiger partial charge in [-0.2, -0.15) is 0 Å². The Kier molecular flexibility index (Phi) is 40.8. The highest BCUT2D eigenvalue weighted by Gasteiger charge is 2.15. The third-order valence-electron chi connectivity index (χ3n) is 5.60. The van der Waals surface area contributed by atoms with Gasteiger partial charge in [0.1, 0.15) is 5.60 Å². The first kappa shape index (κ1) is 49.5. The monoisotopic (exact) mass is 843 g/mol. The SMILES string of the molecule is CC(C)(C)OC(=O)NCCOCCOCCOCCOCCOCCOCCOCCOCCOCCOCCOCCOCCOCCI. The molecule has 0 radical (unpaired) electrons. The molecule has 17 heteroatoms. The van der Waals surface area contributed by atoms with E-state index in [4.69, 9.17) is 66.3 Å². The van der Waals surface area contributed by atoms with Crippen molar-refractivity contribution >= 4 is 28.7 Å². The van der Waals surface area contributed by atoms with Crippen LogP contribution in [0.5, 0.6) is 0 Å². The molecule has 1 amide bonds. The second-order valence-corrected chi connectivity index (χ2v) is 12.2. The molecule has 0 spiro atoms. The second kappa shape index (κ2) is 41.2. The smallest absolute Gasteiger partial charge is 0.407 e. The first-order chi connectivity index (χ1) is 24.5. The number of hydrogen-bond acceptors (Lipinski definition) is 15. The van der Waals surface area contributed by atoms with Gasteiger partial charge in [-0.15, -0.1) is 0 Å². The van der Waals surface area contributed by atoms with Crippen molar-refractivity contribution in [3.63, 3.8) is 0 Å². The normalized spacial score (nSPS) is 11.8. The van der Waals surface area contributed by atoms with Crippen LogP contribution in [0.2, 0.25) is 0 Å². The molecule has 0 saturated carbocycles. The molecule has 0 aromatic carbocycles. The number of carbonyl (C=O) groups excluding carboxylic acids is 1. The average molecular weight is 844 g/mol. The van der Waals surface area contributed by atoms with Crippen LogP contribution < -0.4 is 5.32 Å². The number of hydrogen-bond donors (Lipinski definition) is 1. The quantitative estimate of drug-likeness (QED) is 0.0542. The van der Waals surface area contributed by atoms with Gasteiger partial charge < -0.3 is 71.6 Å². The minimum absolute atomic E-state index is 0.382. The van der Waals surface area contributed by atoms with E-state index in [1.807, 2.05) is 20.8 Å². The fourth-order valence-corrected chi connectivity index (χ4v) is 3.65. The summed E-state index contributed by atoms with van der Waals surface area (Å²) in [5, 5.41) is 2.63. The molecule has 0 rings (SSSR count). The van der Waals surface area contributed by atoms with Crippen LogP contribution in [0.25, 0.3) is 0 Å². The van der Waals surface area contributed by atoms with Crippen LogP contribution in [-0.4, -0.2) is 194 Å². The van der Waals surface area contributed by atoms with Crippen molar-refractivity contribution in [1.82, 2.24) is 5.32 Å². The highest BCUT2D eigenvalue weighted by atomic mass is 127. The van der Waals surface area contributed by atoms with Crippen LogP contribution in [0.15, 0.2) is 0 Å². The van der Waals surface area contributed by atoms with Gasteiger partial charge in [-0.25, -0.2) is 4.79 Å². The van der Waals surface area contributed by atoms with E-state index in [2.05, 4.69) is 27.9 Å². The van der Waals surface area contributed by atoms with Crippen LogP contribution in [0.1, 0.15) is 20.8 Å². The first-order valence-electron chi connectivity index (χ1n) is 17.5.